The lowest BCUT2D eigenvalue weighted by molar-refractivity contribution is -0.385. The Morgan fingerprint density at radius 1 is 0.970 bits per heavy atom. The van der Waals surface area contributed by atoms with E-state index in [0.29, 0.717) is 5.56 Å². The fraction of sp³-hybridized carbons (Fsp3) is 0.143. The van der Waals surface area contributed by atoms with Gasteiger partial charge in [0.2, 0.25) is 5.76 Å². The molecule has 12 nitrogen and oxygen atoms in total. The zero-order valence-corrected chi connectivity index (χ0v) is 17.3. The van der Waals surface area contributed by atoms with Crippen molar-refractivity contribution in [2.24, 2.45) is 0 Å². The summed E-state index contributed by atoms with van der Waals surface area (Å²) >= 11 is 0. The van der Waals surface area contributed by atoms with E-state index in [0.717, 1.165) is 6.07 Å². The van der Waals surface area contributed by atoms with Gasteiger partial charge in [0.1, 0.15) is 11.5 Å². The van der Waals surface area contributed by atoms with Gasteiger partial charge in [0, 0.05) is 29.8 Å². The molecule has 33 heavy (non-hydrogen) atoms. The second kappa shape index (κ2) is 9.60. The van der Waals surface area contributed by atoms with Gasteiger partial charge in [-0.05, 0) is 37.3 Å². The molecule has 0 unspecified atom stereocenters. The number of rotatable bonds is 8. The monoisotopic (exact) mass is 455 g/mol. The highest BCUT2D eigenvalue weighted by molar-refractivity contribution is 5.98. The predicted molar refractivity (Wildman–Crippen MR) is 114 cm³/mol. The summed E-state index contributed by atoms with van der Waals surface area (Å²) in [6.07, 6.45) is -1.27. The first-order valence-corrected chi connectivity index (χ1v) is 9.38. The largest absolute Gasteiger partial charge is 0.495 e. The quantitative estimate of drug-likeness (QED) is 0.301. The molecular weight excluding hydrogens is 438 g/mol. The minimum atomic E-state index is -1.27. The van der Waals surface area contributed by atoms with Crippen molar-refractivity contribution in [3.8, 4) is 17.1 Å². The number of carbonyl (C=O) groups is 2. The molecule has 0 saturated heterocycles. The molecule has 0 saturated carbocycles. The highest BCUT2D eigenvalue weighted by Crippen LogP contribution is 2.29. The van der Waals surface area contributed by atoms with E-state index < -0.39 is 27.8 Å². The first kappa shape index (κ1) is 22.9. The third kappa shape index (κ3) is 5.31. The van der Waals surface area contributed by atoms with Gasteiger partial charge in [0.05, 0.1) is 22.6 Å². The summed E-state index contributed by atoms with van der Waals surface area (Å²) in [5.41, 5.74) is 0.191. The molecule has 170 valence electrons. The fourth-order valence-electron chi connectivity index (χ4n) is 2.76. The molecule has 0 bridgehead atoms. The first-order valence-electron chi connectivity index (χ1n) is 9.38. The van der Waals surface area contributed by atoms with E-state index in [1.165, 1.54) is 62.6 Å². The Morgan fingerprint density at radius 3 is 2.21 bits per heavy atom. The lowest BCUT2D eigenvalue weighted by Gasteiger charge is -2.14. The highest BCUT2D eigenvalue weighted by atomic mass is 16.6. The van der Waals surface area contributed by atoms with Crippen LogP contribution in [0.1, 0.15) is 17.5 Å². The Hall–Kier alpha value is -4.74. The number of non-ortho nitro benzene ring substituents is 2. The van der Waals surface area contributed by atoms with E-state index in [9.17, 15) is 29.8 Å². The summed E-state index contributed by atoms with van der Waals surface area (Å²) in [6, 6.07) is 12.0. The third-order valence-electron chi connectivity index (χ3n) is 4.47. The summed E-state index contributed by atoms with van der Waals surface area (Å²) < 4.78 is 15.6. The number of furan rings is 1. The van der Waals surface area contributed by atoms with E-state index in [-0.39, 0.29) is 34.3 Å². The van der Waals surface area contributed by atoms with E-state index in [2.05, 4.69) is 5.32 Å². The minimum Gasteiger partial charge on any atom is -0.495 e. The lowest BCUT2D eigenvalue weighted by Crippen LogP contribution is -2.30. The smallest absolute Gasteiger partial charge is 0.375 e. The van der Waals surface area contributed by atoms with Crippen molar-refractivity contribution in [3.63, 3.8) is 0 Å². The molecule has 0 aliphatic carbocycles. The van der Waals surface area contributed by atoms with Crippen LogP contribution in [0.25, 0.3) is 11.3 Å². The van der Waals surface area contributed by atoms with E-state index >= 15 is 0 Å². The predicted octanol–water partition coefficient (Wildman–Crippen LogP) is 3.96. The van der Waals surface area contributed by atoms with Crippen LogP contribution in [-0.4, -0.2) is 34.9 Å². The van der Waals surface area contributed by atoms with Gasteiger partial charge in [-0.1, -0.05) is 0 Å². The van der Waals surface area contributed by atoms with Gasteiger partial charge in [-0.2, -0.15) is 0 Å². The number of ether oxygens (including phenoxy) is 2. The molecule has 1 aromatic heterocycles. The average molecular weight is 455 g/mol. The maximum absolute atomic E-state index is 12.4. The fourth-order valence-corrected chi connectivity index (χ4v) is 2.76. The van der Waals surface area contributed by atoms with Crippen molar-refractivity contribution in [1.29, 1.82) is 0 Å². The second-order valence-corrected chi connectivity index (χ2v) is 6.65. The van der Waals surface area contributed by atoms with Crippen LogP contribution in [0.3, 0.4) is 0 Å². The number of benzene rings is 2. The van der Waals surface area contributed by atoms with Crippen molar-refractivity contribution < 1.29 is 33.3 Å². The summed E-state index contributed by atoms with van der Waals surface area (Å²) in [5, 5.41) is 24.1. The highest BCUT2D eigenvalue weighted by Gasteiger charge is 2.23. The molecule has 3 aromatic rings. The maximum atomic E-state index is 12.4. The Morgan fingerprint density at radius 2 is 1.61 bits per heavy atom. The molecular formula is C21H17N3O9. The third-order valence-corrected chi connectivity index (χ3v) is 4.47. The SMILES string of the molecule is COc1ccc([N+](=O)[O-])cc1NC(=O)[C@@H](C)OC(=O)c1ccc(-c2ccc([N+](=O)[O-])cc2)o1. The van der Waals surface area contributed by atoms with Crippen LogP contribution in [0.4, 0.5) is 17.1 Å². The van der Waals surface area contributed by atoms with Crippen LogP contribution < -0.4 is 10.1 Å². The van der Waals surface area contributed by atoms with Crippen LogP contribution in [0.5, 0.6) is 5.75 Å². The molecule has 1 amide bonds. The van der Waals surface area contributed by atoms with Crippen molar-refractivity contribution in [2.45, 2.75) is 13.0 Å². The van der Waals surface area contributed by atoms with E-state index in [4.69, 9.17) is 13.9 Å². The van der Waals surface area contributed by atoms with Gasteiger partial charge in [0.15, 0.2) is 6.10 Å². The summed E-state index contributed by atoms with van der Waals surface area (Å²) in [5.74, 6) is -1.39. The number of esters is 1. The Kier molecular flexibility index (Phi) is 6.67. The molecule has 1 heterocycles. The van der Waals surface area contributed by atoms with Gasteiger partial charge >= 0.3 is 5.97 Å². The first-order chi connectivity index (χ1) is 15.7. The normalized spacial score (nSPS) is 11.3. The molecule has 0 aliphatic rings. The van der Waals surface area contributed by atoms with Gasteiger partial charge in [-0.15, -0.1) is 0 Å². The zero-order chi connectivity index (χ0) is 24.1. The lowest BCUT2D eigenvalue weighted by atomic mass is 10.1. The van der Waals surface area contributed by atoms with Gasteiger partial charge in [0.25, 0.3) is 17.3 Å². The Bertz CT molecular complexity index is 1220. The van der Waals surface area contributed by atoms with Crippen molar-refractivity contribution in [1.82, 2.24) is 0 Å². The maximum Gasteiger partial charge on any atom is 0.375 e. The number of hydrogen-bond donors (Lipinski definition) is 1. The van der Waals surface area contributed by atoms with Crippen LogP contribution in [0, 0.1) is 20.2 Å². The molecule has 0 aliphatic heterocycles. The number of nitro groups is 2. The molecule has 3 rings (SSSR count). The molecule has 1 N–H and O–H groups in total. The number of carbonyl (C=O) groups excluding carboxylic acids is 2. The van der Waals surface area contributed by atoms with Crippen molar-refractivity contribution in [3.05, 3.63) is 80.6 Å². The average Bonchev–Trinajstić information content (AvgIpc) is 3.29. The number of methoxy groups -OCH3 is 1. The molecule has 0 radical (unpaired) electrons. The summed E-state index contributed by atoms with van der Waals surface area (Å²) in [7, 11) is 1.33. The summed E-state index contributed by atoms with van der Waals surface area (Å²) in [4.78, 5) is 45.4. The van der Waals surface area contributed by atoms with Crippen molar-refractivity contribution >= 4 is 28.9 Å². The molecule has 0 spiro atoms. The number of nitro benzene ring substituents is 2. The number of nitrogens with one attached hydrogen (secondary N) is 1. The standard InChI is InChI=1S/C21H17N3O9/c1-12(20(25)22-16-11-15(24(29)30)7-8-18(16)31-2)32-21(26)19-10-9-17(33-19)13-3-5-14(6-4-13)23(27)28/h3-12H,1-2H3,(H,22,25)/t12-/m1/s1. The van der Waals surface area contributed by atoms with E-state index in [1.807, 2.05) is 0 Å². The zero-order valence-electron chi connectivity index (χ0n) is 17.3. The Labute approximate surface area is 186 Å². The molecule has 1 atom stereocenters. The second-order valence-electron chi connectivity index (χ2n) is 6.65. The molecule has 0 fully saturated rings. The van der Waals surface area contributed by atoms with Gasteiger partial charge in [-0.25, -0.2) is 4.79 Å². The van der Waals surface area contributed by atoms with Gasteiger partial charge in [-0.3, -0.25) is 25.0 Å². The number of anilines is 1. The number of nitrogens with zero attached hydrogens (tertiary/aromatic N) is 2. The minimum absolute atomic E-state index is 0.0399. The summed E-state index contributed by atoms with van der Waals surface area (Å²) in [6.45, 7) is 1.32. The molecule has 12 heteroatoms. The van der Waals surface area contributed by atoms with E-state index in [1.54, 1.807) is 0 Å². The van der Waals surface area contributed by atoms with Crippen molar-refractivity contribution in [2.75, 3.05) is 12.4 Å². The van der Waals surface area contributed by atoms with Crippen LogP contribution in [-0.2, 0) is 9.53 Å². The van der Waals surface area contributed by atoms with Gasteiger partial charge < -0.3 is 19.2 Å². The number of amides is 1. The van der Waals surface area contributed by atoms with Crippen LogP contribution >= 0.6 is 0 Å². The van der Waals surface area contributed by atoms with Crippen LogP contribution in [0.15, 0.2) is 59.0 Å². The number of hydrogen-bond acceptors (Lipinski definition) is 9. The molecule has 2 aromatic carbocycles. The Balaban J connectivity index is 1.67. The topological polar surface area (TPSA) is 164 Å². The van der Waals surface area contributed by atoms with Crippen LogP contribution in [0.2, 0.25) is 0 Å².